The summed E-state index contributed by atoms with van der Waals surface area (Å²) in [5.41, 5.74) is 1.14. The van der Waals surface area contributed by atoms with E-state index in [9.17, 15) is 4.79 Å². The van der Waals surface area contributed by atoms with E-state index >= 15 is 0 Å². The summed E-state index contributed by atoms with van der Waals surface area (Å²) in [6.45, 7) is 4.57. The summed E-state index contributed by atoms with van der Waals surface area (Å²) in [5, 5.41) is 6.79. The van der Waals surface area contributed by atoms with E-state index in [1.807, 2.05) is 49.4 Å². The van der Waals surface area contributed by atoms with Gasteiger partial charge in [-0.2, -0.15) is 5.10 Å². The van der Waals surface area contributed by atoms with Gasteiger partial charge in [0.2, 0.25) is 5.75 Å². The average molecular weight is 421 g/mol. The highest BCUT2D eigenvalue weighted by Gasteiger charge is 2.17. The molecule has 0 saturated carbocycles. The van der Waals surface area contributed by atoms with Crippen LogP contribution in [0.5, 0.6) is 17.2 Å². The monoisotopic (exact) mass is 420 g/mol. The average Bonchev–Trinajstić information content (AvgIpc) is 2.76. The van der Waals surface area contributed by atoms with E-state index in [4.69, 9.17) is 21.1 Å². The molecule has 0 N–H and O–H groups in total. The topological polar surface area (TPSA) is 53.4 Å². The van der Waals surface area contributed by atoms with E-state index < -0.39 is 0 Å². The highest BCUT2D eigenvalue weighted by Crippen LogP contribution is 2.29. The van der Waals surface area contributed by atoms with Crippen LogP contribution in [0.25, 0.3) is 10.8 Å². The van der Waals surface area contributed by atoms with Crippen molar-refractivity contribution < 1.29 is 9.47 Å². The molecule has 152 valence electrons. The number of hydrogen-bond donors (Lipinski definition) is 0. The first-order valence-corrected chi connectivity index (χ1v) is 10.1. The largest absolute Gasteiger partial charge is 0.494 e. The van der Waals surface area contributed by atoms with Crippen LogP contribution in [0.3, 0.4) is 0 Å². The predicted octanol–water partition coefficient (Wildman–Crippen LogP) is 5.60. The van der Waals surface area contributed by atoms with Crippen molar-refractivity contribution in [3.05, 3.63) is 93.4 Å². The lowest BCUT2D eigenvalue weighted by Gasteiger charge is -2.13. The van der Waals surface area contributed by atoms with Crippen LogP contribution in [-0.2, 0) is 6.54 Å². The van der Waals surface area contributed by atoms with Gasteiger partial charge in [0, 0.05) is 0 Å². The minimum atomic E-state index is -0.382. The van der Waals surface area contributed by atoms with Crippen LogP contribution < -0.4 is 15.0 Å². The lowest BCUT2D eigenvalue weighted by atomic mass is 10.0. The summed E-state index contributed by atoms with van der Waals surface area (Å²) in [4.78, 5) is 13.1. The van der Waals surface area contributed by atoms with Crippen molar-refractivity contribution in [2.75, 3.05) is 6.61 Å². The number of aryl methyl sites for hydroxylation is 1. The van der Waals surface area contributed by atoms with Crippen LogP contribution >= 0.6 is 11.6 Å². The lowest BCUT2D eigenvalue weighted by Crippen LogP contribution is -2.25. The molecule has 0 aliphatic heterocycles. The molecule has 0 saturated heterocycles. The molecule has 3 aromatic carbocycles. The van der Waals surface area contributed by atoms with Crippen molar-refractivity contribution in [3.63, 3.8) is 0 Å². The van der Waals surface area contributed by atoms with Gasteiger partial charge in [0.05, 0.1) is 18.8 Å². The summed E-state index contributed by atoms with van der Waals surface area (Å²) in [6, 6.07) is 21.1. The predicted molar refractivity (Wildman–Crippen MR) is 119 cm³/mol. The Morgan fingerprint density at radius 2 is 1.67 bits per heavy atom. The summed E-state index contributed by atoms with van der Waals surface area (Å²) >= 11 is 6.37. The first-order valence-electron chi connectivity index (χ1n) is 9.71. The van der Waals surface area contributed by atoms with Crippen molar-refractivity contribution in [1.82, 2.24) is 9.78 Å². The van der Waals surface area contributed by atoms with Crippen LogP contribution in [0.2, 0.25) is 5.02 Å². The van der Waals surface area contributed by atoms with Gasteiger partial charge in [-0.25, -0.2) is 4.68 Å². The van der Waals surface area contributed by atoms with E-state index in [2.05, 4.69) is 5.10 Å². The van der Waals surface area contributed by atoms with Crippen molar-refractivity contribution in [3.8, 4) is 17.2 Å². The molecule has 0 atom stereocenters. The summed E-state index contributed by atoms with van der Waals surface area (Å²) < 4.78 is 12.7. The van der Waals surface area contributed by atoms with Crippen LogP contribution in [0, 0.1) is 6.92 Å². The molecule has 30 heavy (non-hydrogen) atoms. The molecule has 4 aromatic rings. The van der Waals surface area contributed by atoms with E-state index in [0.29, 0.717) is 24.6 Å². The molecule has 0 aliphatic carbocycles. The summed E-state index contributed by atoms with van der Waals surface area (Å²) in [6.07, 6.45) is 0. The Kier molecular flexibility index (Phi) is 5.72. The van der Waals surface area contributed by atoms with Crippen molar-refractivity contribution >= 4 is 22.4 Å². The van der Waals surface area contributed by atoms with Gasteiger partial charge in [-0.05, 0) is 54.4 Å². The van der Waals surface area contributed by atoms with Gasteiger partial charge in [-0.3, -0.25) is 4.79 Å². The Morgan fingerprint density at radius 1 is 0.967 bits per heavy atom. The molecule has 0 unspecified atom stereocenters. The van der Waals surface area contributed by atoms with Crippen molar-refractivity contribution in [2.24, 2.45) is 0 Å². The third kappa shape index (κ3) is 4.02. The smallest absolute Gasteiger partial charge is 0.311 e. The Bertz CT molecular complexity index is 1240. The molecule has 0 spiro atoms. The van der Waals surface area contributed by atoms with E-state index in [1.54, 1.807) is 31.2 Å². The maximum atomic E-state index is 13.1. The van der Waals surface area contributed by atoms with Crippen LogP contribution in [-0.4, -0.2) is 16.4 Å². The van der Waals surface area contributed by atoms with Gasteiger partial charge >= 0.3 is 5.56 Å². The van der Waals surface area contributed by atoms with E-state index in [0.717, 1.165) is 22.1 Å². The molecular formula is C24H21ClN2O3. The highest BCUT2D eigenvalue weighted by molar-refractivity contribution is 6.32. The molecule has 0 fully saturated rings. The number of halogens is 1. The Balaban J connectivity index is 1.70. The maximum absolute atomic E-state index is 13.1. The third-order valence-electron chi connectivity index (χ3n) is 4.77. The number of rotatable bonds is 6. The molecule has 0 aliphatic rings. The molecule has 0 amide bonds. The zero-order valence-corrected chi connectivity index (χ0v) is 17.5. The quantitative estimate of drug-likeness (QED) is 0.407. The van der Waals surface area contributed by atoms with Gasteiger partial charge in [-0.1, -0.05) is 54.1 Å². The van der Waals surface area contributed by atoms with Gasteiger partial charge in [0.1, 0.15) is 16.5 Å². The second-order valence-corrected chi connectivity index (χ2v) is 7.21. The normalized spacial score (nSPS) is 10.9. The third-order valence-corrected chi connectivity index (χ3v) is 5.22. The maximum Gasteiger partial charge on any atom is 0.311 e. The Hall–Kier alpha value is -3.31. The number of nitrogens with zero attached hydrogens (tertiary/aromatic N) is 2. The molecule has 0 radical (unpaired) electrons. The second-order valence-electron chi connectivity index (χ2n) is 6.84. The highest BCUT2D eigenvalue weighted by atomic mass is 35.5. The fraction of sp³-hybridized carbons (Fsp3) is 0.167. The molecule has 5 nitrogen and oxygen atoms in total. The summed E-state index contributed by atoms with van der Waals surface area (Å²) in [5.74, 6) is 1.29. The SMILES string of the molecule is CCOc1ccc(Oc2c(Cl)c(C)nn(Cc3cccc4ccccc34)c2=O)cc1. The zero-order chi connectivity index (χ0) is 21.1. The van der Waals surface area contributed by atoms with Gasteiger partial charge < -0.3 is 9.47 Å². The zero-order valence-electron chi connectivity index (χ0n) is 16.8. The molecule has 1 heterocycles. The number of hydrogen-bond acceptors (Lipinski definition) is 4. The Morgan fingerprint density at radius 3 is 2.43 bits per heavy atom. The van der Waals surface area contributed by atoms with Gasteiger partial charge in [0.25, 0.3) is 0 Å². The van der Waals surface area contributed by atoms with Crippen LogP contribution in [0.4, 0.5) is 0 Å². The Labute approximate surface area is 179 Å². The minimum Gasteiger partial charge on any atom is -0.494 e. The molecular weight excluding hydrogens is 400 g/mol. The van der Waals surface area contributed by atoms with Crippen LogP contribution in [0.1, 0.15) is 18.2 Å². The first-order chi connectivity index (χ1) is 14.6. The number of aromatic nitrogens is 2. The van der Waals surface area contributed by atoms with E-state index in [1.165, 1.54) is 4.68 Å². The second kappa shape index (κ2) is 8.59. The number of benzene rings is 3. The van der Waals surface area contributed by atoms with Crippen molar-refractivity contribution in [2.45, 2.75) is 20.4 Å². The molecule has 0 bridgehead atoms. The number of ether oxygens (including phenoxy) is 2. The minimum absolute atomic E-state index is 0.0635. The van der Waals surface area contributed by atoms with Gasteiger partial charge in [-0.15, -0.1) is 0 Å². The lowest BCUT2D eigenvalue weighted by molar-refractivity contribution is 0.339. The molecule has 4 rings (SSSR count). The van der Waals surface area contributed by atoms with Gasteiger partial charge in [0.15, 0.2) is 0 Å². The van der Waals surface area contributed by atoms with Crippen molar-refractivity contribution in [1.29, 1.82) is 0 Å². The summed E-state index contributed by atoms with van der Waals surface area (Å²) in [7, 11) is 0. The fourth-order valence-electron chi connectivity index (χ4n) is 3.32. The fourth-order valence-corrected chi connectivity index (χ4v) is 3.48. The first kappa shape index (κ1) is 20.0. The van der Waals surface area contributed by atoms with E-state index in [-0.39, 0.29) is 16.3 Å². The standard InChI is InChI=1S/C24H21ClN2O3/c1-3-29-19-11-13-20(14-12-19)30-23-22(25)16(2)26-27(24(23)28)15-18-9-6-8-17-7-4-5-10-21(17)18/h4-14H,3,15H2,1-2H3. The van der Waals surface area contributed by atoms with Crippen LogP contribution in [0.15, 0.2) is 71.5 Å². The molecule has 1 aromatic heterocycles. The number of fused-ring (bicyclic) bond motifs is 1. The molecule has 6 heteroatoms.